The lowest BCUT2D eigenvalue weighted by atomic mass is 10.4. The van der Waals surface area contributed by atoms with Crippen molar-refractivity contribution < 1.29 is 13.6 Å². The van der Waals surface area contributed by atoms with Gasteiger partial charge in [-0.3, -0.25) is 4.79 Å². The van der Waals surface area contributed by atoms with Gasteiger partial charge in [0.15, 0.2) is 0 Å². The van der Waals surface area contributed by atoms with Gasteiger partial charge >= 0.3 is 9.28 Å². The minimum atomic E-state index is -1.67. The third kappa shape index (κ3) is 6.78. The largest absolute Gasteiger partial charge is 0.497 e. The van der Waals surface area contributed by atoms with Crippen LogP contribution in [0.2, 0.25) is 6.04 Å². The van der Waals surface area contributed by atoms with Gasteiger partial charge in [-0.2, -0.15) is 0 Å². The highest BCUT2D eigenvalue weighted by atomic mass is 28.3. The van der Waals surface area contributed by atoms with E-state index in [1.807, 2.05) is 13.8 Å². The van der Waals surface area contributed by atoms with E-state index >= 15 is 0 Å². The molecule has 0 aromatic carbocycles. The van der Waals surface area contributed by atoms with Crippen molar-refractivity contribution in [2.24, 2.45) is 0 Å². The highest BCUT2D eigenvalue weighted by Crippen LogP contribution is 2.03. The maximum absolute atomic E-state index is 11.1. The molecule has 0 radical (unpaired) electrons. The Balaban J connectivity index is 3.71. The zero-order valence-electron chi connectivity index (χ0n) is 8.84. The zero-order valence-corrected chi connectivity index (χ0v) is 9.99. The van der Waals surface area contributed by atoms with Crippen LogP contribution < -0.4 is 0 Å². The number of carbonyl (C=O) groups is 1. The van der Waals surface area contributed by atoms with Crippen LogP contribution in [0.15, 0.2) is 0 Å². The average molecular weight is 204 g/mol. The van der Waals surface area contributed by atoms with E-state index in [0.717, 1.165) is 18.9 Å². The van der Waals surface area contributed by atoms with Gasteiger partial charge in [-0.25, -0.2) is 0 Å². The van der Waals surface area contributed by atoms with E-state index in [2.05, 4.69) is 6.92 Å². The Kier molecular flexibility index (Phi) is 8.03. The molecule has 0 saturated heterocycles. The quantitative estimate of drug-likeness (QED) is 0.595. The molecule has 0 fully saturated rings. The fourth-order valence-electron chi connectivity index (χ4n) is 1.01. The van der Waals surface area contributed by atoms with Gasteiger partial charge < -0.3 is 8.85 Å². The zero-order chi connectivity index (χ0) is 10.1. The van der Waals surface area contributed by atoms with Crippen LogP contribution >= 0.6 is 0 Å². The van der Waals surface area contributed by atoms with Crippen LogP contribution in [0, 0.1) is 0 Å². The van der Waals surface area contributed by atoms with Crippen molar-refractivity contribution in [1.29, 1.82) is 0 Å². The maximum atomic E-state index is 11.1. The van der Waals surface area contributed by atoms with E-state index in [9.17, 15) is 4.79 Å². The SMILES string of the molecule is CCCC(=O)O[SiH](CCC)OCC. The fraction of sp³-hybridized carbons (Fsp3) is 0.889. The summed E-state index contributed by atoms with van der Waals surface area (Å²) in [4.78, 5) is 11.1. The van der Waals surface area contributed by atoms with E-state index in [4.69, 9.17) is 8.85 Å². The van der Waals surface area contributed by atoms with Crippen LogP contribution in [0.25, 0.3) is 0 Å². The van der Waals surface area contributed by atoms with Crippen LogP contribution in [0.4, 0.5) is 0 Å². The van der Waals surface area contributed by atoms with Crippen molar-refractivity contribution in [3.63, 3.8) is 0 Å². The van der Waals surface area contributed by atoms with E-state index in [0.29, 0.717) is 13.0 Å². The summed E-state index contributed by atoms with van der Waals surface area (Å²) < 4.78 is 10.6. The molecular formula is C9H20O3Si. The smallest absolute Gasteiger partial charge is 0.385 e. The van der Waals surface area contributed by atoms with Crippen molar-refractivity contribution in [3.05, 3.63) is 0 Å². The van der Waals surface area contributed by atoms with Crippen molar-refractivity contribution in [1.82, 2.24) is 0 Å². The van der Waals surface area contributed by atoms with Gasteiger partial charge in [0.25, 0.3) is 5.97 Å². The summed E-state index contributed by atoms with van der Waals surface area (Å²) in [6.07, 6.45) is 2.38. The highest BCUT2D eigenvalue weighted by molar-refractivity contribution is 6.46. The van der Waals surface area contributed by atoms with Crippen molar-refractivity contribution >= 4 is 15.3 Å². The molecule has 0 aliphatic rings. The molecule has 3 nitrogen and oxygen atoms in total. The molecule has 0 spiro atoms. The number of carbonyl (C=O) groups excluding carboxylic acids is 1. The highest BCUT2D eigenvalue weighted by Gasteiger charge is 2.15. The first-order valence-corrected chi connectivity index (χ1v) is 6.81. The van der Waals surface area contributed by atoms with E-state index in [1.165, 1.54) is 0 Å². The van der Waals surface area contributed by atoms with Crippen LogP contribution in [0.1, 0.15) is 40.0 Å². The molecule has 0 rings (SSSR count). The summed E-state index contributed by atoms with van der Waals surface area (Å²) in [6.45, 7) is 6.63. The molecule has 0 heterocycles. The summed E-state index contributed by atoms with van der Waals surface area (Å²) in [7, 11) is -1.67. The monoisotopic (exact) mass is 204 g/mol. The van der Waals surface area contributed by atoms with Crippen LogP contribution in [-0.2, 0) is 13.6 Å². The second-order valence-electron chi connectivity index (χ2n) is 2.91. The number of hydrogen-bond acceptors (Lipinski definition) is 3. The Bertz CT molecular complexity index is 133. The van der Waals surface area contributed by atoms with E-state index < -0.39 is 9.28 Å². The van der Waals surface area contributed by atoms with E-state index in [1.54, 1.807) is 0 Å². The second kappa shape index (κ2) is 8.25. The predicted molar refractivity (Wildman–Crippen MR) is 54.9 cm³/mol. The first kappa shape index (κ1) is 12.6. The Morgan fingerprint density at radius 1 is 1.23 bits per heavy atom. The molecule has 0 bridgehead atoms. The first-order chi connectivity index (χ1) is 6.24. The molecule has 0 aliphatic heterocycles. The van der Waals surface area contributed by atoms with Gasteiger partial charge in [0.2, 0.25) is 0 Å². The lowest BCUT2D eigenvalue weighted by molar-refractivity contribution is -0.136. The third-order valence-corrected chi connectivity index (χ3v) is 3.87. The van der Waals surface area contributed by atoms with Gasteiger partial charge in [-0.05, 0) is 19.4 Å². The lowest BCUT2D eigenvalue weighted by Gasteiger charge is -2.14. The van der Waals surface area contributed by atoms with Crippen molar-refractivity contribution in [2.45, 2.75) is 46.1 Å². The molecule has 0 aromatic heterocycles. The fourth-order valence-corrected chi connectivity index (χ4v) is 2.61. The van der Waals surface area contributed by atoms with Gasteiger partial charge in [0.1, 0.15) is 0 Å². The van der Waals surface area contributed by atoms with Crippen molar-refractivity contribution in [2.75, 3.05) is 6.61 Å². The standard InChI is InChI=1S/C9H20O3Si/c1-4-7-9(10)12-13(8-5-2)11-6-3/h13H,4-8H2,1-3H3. The Morgan fingerprint density at radius 3 is 2.38 bits per heavy atom. The summed E-state index contributed by atoms with van der Waals surface area (Å²) in [5.74, 6) is -0.0962. The van der Waals surface area contributed by atoms with Crippen LogP contribution in [0.5, 0.6) is 0 Å². The maximum Gasteiger partial charge on any atom is 0.385 e. The number of rotatable bonds is 7. The Labute approximate surface area is 82.3 Å². The lowest BCUT2D eigenvalue weighted by Crippen LogP contribution is -2.26. The Morgan fingerprint density at radius 2 is 1.92 bits per heavy atom. The molecular weight excluding hydrogens is 184 g/mol. The first-order valence-electron chi connectivity index (χ1n) is 5.05. The van der Waals surface area contributed by atoms with Crippen LogP contribution in [0.3, 0.4) is 0 Å². The van der Waals surface area contributed by atoms with Gasteiger partial charge in [0.05, 0.1) is 0 Å². The van der Waals surface area contributed by atoms with Crippen molar-refractivity contribution in [3.8, 4) is 0 Å². The summed E-state index contributed by atoms with van der Waals surface area (Å²) in [6, 6.07) is 0.920. The average Bonchev–Trinajstić information content (AvgIpc) is 2.05. The predicted octanol–water partition coefficient (Wildman–Crippen LogP) is 2.00. The molecule has 78 valence electrons. The normalized spacial score (nSPS) is 12.5. The Hall–Kier alpha value is -0.353. The minimum absolute atomic E-state index is 0.0962. The molecule has 1 unspecified atom stereocenters. The van der Waals surface area contributed by atoms with Crippen LogP contribution in [-0.4, -0.2) is 21.9 Å². The molecule has 4 heteroatoms. The van der Waals surface area contributed by atoms with Gasteiger partial charge in [-0.15, -0.1) is 0 Å². The molecule has 1 atom stereocenters. The van der Waals surface area contributed by atoms with Gasteiger partial charge in [-0.1, -0.05) is 20.3 Å². The molecule has 13 heavy (non-hydrogen) atoms. The minimum Gasteiger partial charge on any atom is -0.497 e. The molecule has 0 saturated carbocycles. The molecule has 0 aromatic rings. The summed E-state index contributed by atoms with van der Waals surface area (Å²) in [5, 5.41) is 0. The topological polar surface area (TPSA) is 35.5 Å². The molecule has 0 amide bonds. The van der Waals surface area contributed by atoms with Gasteiger partial charge in [0, 0.05) is 13.0 Å². The van der Waals surface area contributed by atoms with E-state index in [-0.39, 0.29) is 5.97 Å². The summed E-state index contributed by atoms with van der Waals surface area (Å²) in [5.41, 5.74) is 0. The molecule has 0 N–H and O–H groups in total. The number of hydrogen-bond donors (Lipinski definition) is 0. The second-order valence-corrected chi connectivity index (χ2v) is 4.92. The summed E-state index contributed by atoms with van der Waals surface area (Å²) >= 11 is 0. The third-order valence-electron chi connectivity index (χ3n) is 1.59. The molecule has 0 aliphatic carbocycles.